The summed E-state index contributed by atoms with van der Waals surface area (Å²) in [5, 5.41) is 0. The van der Waals surface area contributed by atoms with Crippen molar-refractivity contribution in [2.75, 3.05) is 18.6 Å². The lowest BCUT2D eigenvalue weighted by Crippen LogP contribution is -2.42. The Morgan fingerprint density at radius 2 is 2.20 bits per heavy atom. The van der Waals surface area contributed by atoms with Gasteiger partial charge < -0.3 is 10.5 Å². The molecule has 6 heteroatoms. The van der Waals surface area contributed by atoms with Crippen molar-refractivity contribution < 1.29 is 17.9 Å². The summed E-state index contributed by atoms with van der Waals surface area (Å²) in [6, 6.07) is -0.113. The molecule has 1 rings (SSSR count). The van der Waals surface area contributed by atoms with Crippen LogP contribution < -0.4 is 5.73 Å². The summed E-state index contributed by atoms with van der Waals surface area (Å²) in [4.78, 5) is 10.9. The molecule has 0 amide bonds. The van der Waals surface area contributed by atoms with Crippen LogP contribution in [0.3, 0.4) is 0 Å². The van der Waals surface area contributed by atoms with Crippen molar-refractivity contribution >= 4 is 15.8 Å². The molecule has 1 heterocycles. The number of ether oxygens (including phenoxy) is 1. The van der Waals surface area contributed by atoms with E-state index in [4.69, 9.17) is 5.73 Å². The van der Waals surface area contributed by atoms with Gasteiger partial charge in [0.2, 0.25) is 0 Å². The zero-order chi connectivity index (χ0) is 11.5. The SMILES string of the molecule is COC(=O)CC[C@H]1CS(=O)(=O)CC[C@H]1N. The quantitative estimate of drug-likeness (QED) is 0.679. The molecule has 0 aromatic rings. The number of nitrogens with two attached hydrogens (primary N) is 1. The van der Waals surface area contributed by atoms with Gasteiger partial charge in [0.15, 0.2) is 9.84 Å². The van der Waals surface area contributed by atoms with Crippen LogP contribution in [0, 0.1) is 5.92 Å². The second-order valence-electron chi connectivity index (χ2n) is 3.94. The Bertz CT molecular complexity index is 325. The van der Waals surface area contributed by atoms with Gasteiger partial charge in [-0.3, -0.25) is 4.79 Å². The topological polar surface area (TPSA) is 86.5 Å². The Morgan fingerprint density at radius 1 is 1.53 bits per heavy atom. The molecular formula is C9H17NO4S. The average Bonchev–Trinajstić information content (AvgIpc) is 2.19. The van der Waals surface area contributed by atoms with Gasteiger partial charge in [-0.15, -0.1) is 0 Å². The molecule has 0 aromatic carbocycles. The van der Waals surface area contributed by atoms with E-state index in [2.05, 4.69) is 4.74 Å². The van der Waals surface area contributed by atoms with Crippen LogP contribution in [0.4, 0.5) is 0 Å². The first kappa shape index (κ1) is 12.4. The van der Waals surface area contributed by atoms with E-state index in [-0.39, 0.29) is 35.9 Å². The van der Waals surface area contributed by atoms with Gasteiger partial charge in [0.05, 0.1) is 18.6 Å². The Labute approximate surface area is 89.9 Å². The van der Waals surface area contributed by atoms with Crippen molar-refractivity contribution in [2.45, 2.75) is 25.3 Å². The molecule has 0 radical (unpaired) electrons. The molecule has 0 unspecified atom stereocenters. The van der Waals surface area contributed by atoms with Crippen LogP contribution in [0.25, 0.3) is 0 Å². The van der Waals surface area contributed by atoms with E-state index in [0.717, 1.165) is 0 Å². The molecular weight excluding hydrogens is 218 g/mol. The second kappa shape index (κ2) is 4.94. The number of rotatable bonds is 3. The van der Waals surface area contributed by atoms with E-state index in [9.17, 15) is 13.2 Å². The standard InChI is InChI=1S/C9H17NO4S/c1-14-9(11)3-2-7-6-15(12,13)5-4-8(7)10/h7-8H,2-6,10H2,1H3/t7-,8+/m0/s1. The van der Waals surface area contributed by atoms with Gasteiger partial charge in [-0.25, -0.2) is 8.42 Å². The first-order chi connectivity index (χ1) is 6.94. The minimum atomic E-state index is -2.95. The molecule has 0 bridgehead atoms. The summed E-state index contributed by atoms with van der Waals surface area (Å²) in [6.45, 7) is 0. The van der Waals surface area contributed by atoms with Crippen LogP contribution in [0.1, 0.15) is 19.3 Å². The van der Waals surface area contributed by atoms with Crippen LogP contribution in [-0.4, -0.2) is 39.0 Å². The minimum Gasteiger partial charge on any atom is -0.469 e. The highest BCUT2D eigenvalue weighted by Gasteiger charge is 2.30. The maximum atomic E-state index is 11.3. The predicted molar refractivity (Wildman–Crippen MR) is 56.0 cm³/mol. The number of carbonyl (C=O) groups is 1. The largest absolute Gasteiger partial charge is 0.469 e. The number of hydrogen-bond donors (Lipinski definition) is 1. The highest BCUT2D eigenvalue weighted by Crippen LogP contribution is 2.21. The van der Waals surface area contributed by atoms with Gasteiger partial charge in [-0.2, -0.15) is 0 Å². The van der Waals surface area contributed by atoms with Crippen LogP contribution >= 0.6 is 0 Å². The minimum absolute atomic E-state index is 0.102. The Hall–Kier alpha value is -0.620. The summed E-state index contributed by atoms with van der Waals surface area (Å²) < 4.78 is 27.2. The molecule has 0 spiro atoms. The predicted octanol–water partition coefficient (Wildman–Crippen LogP) is -0.298. The van der Waals surface area contributed by atoms with Crippen molar-refractivity contribution in [3.05, 3.63) is 0 Å². The first-order valence-corrected chi connectivity index (χ1v) is 6.79. The molecule has 2 atom stereocenters. The lowest BCUT2D eigenvalue weighted by Gasteiger charge is -2.28. The van der Waals surface area contributed by atoms with E-state index in [1.807, 2.05) is 0 Å². The monoisotopic (exact) mass is 235 g/mol. The fraction of sp³-hybridized carbons (Fsp3) is 0.889. The van der Waals surface area contributed by atoms with Crippen molar-refractivity contribution in [3.8, 4) is 0 Å². The summed E-state index contributed by atoms with van der Waals surface area (Å²) in [7, 11) is -1.63. The maximum absolute atomic E-state index is 11.3. The van der Waals surface area contributed by atoms with E-state index in [0.29, 0.717) is 12.8 Å². The Kier molecular flexibility index (Phi) is 4.10. The lowest BCUT2D eigenvalue weighted by molar-refractivity contribution is -0.140. The van der Waals surface area contributed by atoms with Crippen molar-refractivity contribution in [1.82, 2.24) is 0 Å². The summed E-state index contributed by atoms with van der Waals surface area (Å²) in [5.74, 6) is -0.151. The smallest absolute Gasteiger partial charge is 0.305 e. The fourth-order valence-electron chi connectivity index (χ4n) is 1.79. The van der Waals surface area contributed by atoms with Gasteiger partial charge in [0, 0.05) is 12.5 Å². The molecule has 1 aliphatic rings. The van der Waals surface area contributed by atoms with Crippen LogP contribution in [-0.2, 0) is 19.4 Å². The second-order valence-corrected chi connectivity index (χ2v) is 6.17. The Balaban J connectivity index is 2.49. The van der Waals surface area contributed by atoms with E-state index in [1.54, 1.807) is 0 Å². The van der Waals surface area contributed by atoms with Crippen LogP contribution in [0.2, 0.25) is 0 Å². The molecule has 2 N–H and O–H groups in total. The fourth-order valence-corrected chi connectivity index (χ4v) is 3.65. The number of methoxy groups -OCH3 is 1. The molecule has 0 aliphatic carbocycles. The van der Waals surface area contributed by atoms with E-state index < -0.39 is 9.84 Å². The molecule has 0 saturated carbocycles. The molecule has 15 heavy (non-hydrogen) atoms. The molecule has 1 aliphatic heterocycles. The zero-order valence-corrected chi connectivity index (χ0v) is 9.63. The molecule has 1 fully saturated rings. The maximum Gasteiger partial charge on any atom is 0.305 e. The normalized spacial score (nSPS) is 29.7. The Morgan fingerprint density at radius 3 is 2.80 bits per heavy atom. The van der Waals surface area contributed by atoms with Gasteiger partial charge in [0.25, 0.3) is 0 Å². The third-order valence-electron chi connectivity index (χ3n) is 2.78. The first-order valence-electron chi connectivity index (χ1n) is 4.97. The summed E-state index contributed by atoms with van der Waals surface area (Å²) >= 11 is 0. The highest BCUT2D eigenvalue weighted by atomic mass is 32.2. The number of sulfone groups is 1. The molecule has 5 nitrogen and oxygen atoms in total. The third-order valence-corrected chi connectivity index (χ3v) is 4.58. The van der Waals surface area contributed by atoms with Crippen LogP contribution in [0.5, 0.6) is 0 Å². The summed E-state index contributed by atoms with van der Waals surface area (Å²) in [5.41, 5.74) is 5.81. The lowest BCUT2D eigenvalue weighted by atomic mass is 9.95. The number of hydrogen-bond acceptors (Lipinski definition) is 5. The van der Waals surface area contributed by atoms with Gasteiger partial charge >= 0.3 is 5.97 Å². The molecule has 1 saturated heterocycles. The number of esters is 1. The highest BCUT2D eigenvalue weighted by molar-refractivity contribution is 7.91. The summed E-state index contributed by atoms with van der Waals surface area (Å²) in [6.07, 6.45) is 1.23. The van der Waals surface area contributed by atoms with E-state index in [1.165, 1.54) is 7.11 Å². The van der Waals surface area contributed by atoms with Gasteiger partial charge in [0.1, 0.15) is 0 Å². The molecule has 88 valence electrons. The zero-order valence-electron chi connectivity index (χ0n) is 8.81. The third kappa shape index (κ3) is 3.79. The van der Waals surface area contributed by atoms with E-state index >= 15 is 0 Å². The van der Waals surface area contributed by atoms with Crippen molar-refractivity contribution in [3.63, 3.8) is 0 Å². The van der Waals surface area contributed by atoms with Crippen molar-refractivity contribution in [2.24, 2.45) is 11.7 Å². The molecule has 0 aromatic heterocycles. The van der Waals surface area contributed by atoms with Crippen molar-refractivity contribution in [1.29, 1.82) is 0 Å². The van der Waals surface area contributed by atoms with Gasteiger partial charge in [-0.05, 0) is 18.8 Å². The number of carbonyl (C=O) groups excluding carboxylic acids is 1. The van der Waals surface area contributed by atoms with Gasteiger partial charge in [-0.1, -0.05) is 0 Å². The average molecular weight is 235 g/mol. The van der Waals surface area contributed by atoms with Crippen LogP contribution in [0.15, 0.2) is 0 Å².